The molecule has 1 heterocycles. The summed E-state index contributed by atoms with van der Waals surface area (Å²) in [5, 5.41) is 0. The second-order valence-corrected chi connectivity index (χ2v) is 2.17. The molecule has 0 aliphatic heterocycles. The third kappa shape index (κ3) is 1.55. The number of aromatic amines is 1. The first-order valence-electron chi connectivity index (χ1n) is 3.52. The van der Waals surface area contributed by atoms with Crippen molar-refractivity contribution in [2.75, 3.05) is 6.61 Å². The average molecular weight is 171 g/mol. The maximum Gasteiger partial charge on any atom is 0.417 e. The highest BCUT2D eigenvalue weighted by Gasteiger charge is 2.14. The second-order valence-electron chi connectivity index (χ2n) is 2.17. The number of nitrogens with one attached hydrogen (secondary N) is 1. The van der Waals surface area contributed by atoms with Gasteiger partial charge in [-0.1, -0.05) is 0 Å². The van der Waals surface area contributed by atoms with Crippen LogP contribution in [0.25, 0.3) is 0 Å². The highest BCUT2D eigenvalue weighted by molar-refractivity contribution is 5.88. The van der Waals surface area contributed by atoms with Gasteiger partial charge in [0.15, 0.2) is 5.69 Å². The molecule has 1 N–H and O–H groups in total. The lowest BCUT2D eigenvalue weighted by Gasteiger charge is -1.96. The summed E-state index contributed by atoms with van der Waals surface area (Å²) in [6.07, 6.45) is 0. The van der Waals surface area contributed by atoms with Crippen molar-refractivity contribution < 1.29 is 13.9 Å². The number of oxazole rings is 1. The number of carbonyl (C=O) groups excluding carboxylic acids is 1. The Balaban J connectivity index is 2.94. The Bertz CT molecular complexity index is 335. The quantitative estimate of drug-likeness (QED) is 0.656. The number of ether oxygens (including phenoxy) is 1. The number of hydrogen-bond acceptors (Lipinski definition) is 4. The molecule has 0 aromatic carbocycles. The van der Waals surface area contributed by atoms with Crippen molar-refractivity contribution in [3.05, 3.63) is 22.0 Å². The molecular formula is C7H9NO4. The Morgan fingerprint density at radius 3 is 2.75 bits per heavy atom. The van der Waals surface area contributed by atoms with Crippen molar-refractivity contribution in [1.29, 1.82) is 0 Å². The van der Waals surface area contributed by atoms with Crippen LogP contribution in [-0.4, -0.2) is 17.6 Å². The van der Waals surface area contributed by atoms with Gasteiger partial charge in [0.2, 0.25) is 0 Å². The summed E-state index contributed by atoms with van der Waals surface area (Å²) in [6.45, 7) is 3.47. The zero-order chi connectivity index (χ0) is 9.14. The molecule has 12 heavy (non-hydrogen) atoms. The molecule has 1 aromatic heterocycles. The molecule has 0 fully saturated rings. The molecule has 0 aliphatic rings. The lowest BCUT2D eigenvalue weighted by atomic mass is 10.4. The predicted octanol–water partition coefficient (Wildman–Crippen LogP) is 0.453. The molecule has 0 bridgehead atoms. The van der Waals surface area contributed by atoms with Gasteiger partial charge in [0.05, 0.1) is 6.61 Å². The first-order valence-corrected chi connectivity index (χ1v) is 3.52. The summed E-state index contributed by atoms with van der Waals surface area (Å²) < 4.78 is 9.22. The number of aromatic nitrogens is 1. The topological polar surface area (TPSA) is 72.3 Å². The van der Waals surface area contributed by atoms with E-state index in [4.69, 9.17) is 0 Å². The van der Waals surface area contributed by atoms with Gasteiger partial charge in [-0.3, -0.25) is 4.98 Å². The van der Waals surface area contributed by atoms with Crippen LogP contribution in [0.3, 0.4) is 0 Å². The number of hydrogen-bond donors (Lipinski definition) is 1. The van der Waals surface area contributed by atoms with Crippen LogP contribution in [0.15, 0.2) is 9.21 Å². The maximum absolute atomic E-state index is 11.0. The summed E-state index contributed by atoms with van der Waals surface area (Å²) in [4.78, 5) is 23.8. The van der Waals surface area contributed by atoms with E-state index in [1.54, 1.807) is 6.92 Å². The molecule has 0 unspecified atom stereocenters. The van der Waals surface area contributed by atoms with Crippen molar-refractivity contribution in [3.63, 3.8) is 0 Å². The average Bonchev–Trinajstić information content (AvgIpc) is 2.30. The Morgan fingerprint density at radius 2 is 2.33 bits per heavy atom. The van der Waals surface area contributed by atoms with Gasteiger partial charge < -0.3 is 9.15 Å². The van der Waals surface area contributed by atoms with Gasteiger partial charge in [0, 0.05) is 0 Å². The van der Waals surface area contributed by atoms with E-state index in [2.05, 4.69) is 14.1 Å². The standard InChI is InChI=1S/C7H9NO4/c1-3-11-6(9)5-4(2)12-7(10)8-5/h3H2,1-2H3,(H,8,10). The van der Waals surface area contributed by atoms with Crippen LogP contribution in [0.2, 0.25) is 0 Å². The maximum atomic E-state index is 11.0. The molecule has 1 rings (SSSR count). The van der Waals surface area contributed by atoms with Crippen LogP contribution < -0.4 is 5.76 Å². The van der Waals surface area contributed by atoms with E-state index in [0.717, 1.165) is 0 Å². The van der Waals surface area contributed by atoms with Gasteiger partial charge in [-0.2, -0.15) is 0 Å². The van der Waals surface area contributed by atoms with E-state index in [0.29, 0.717) is 0 Å². The summed E-state index contributed by atoms with van der Waals surface area (Å²) in [6, 6.07) is 0. The molecule has 0 saturated heterocycles. The molecule has 1 aromatic rings. The first-order chi connectivity index (χ1) is 5.65. The lowest BCUT2D eigenvalue weighted by Crippen LogP contribution is -2.08. The van der Waals surface area contributed by atoms with Crippen LogP contribution in [0.1, 0.15) is 23.2 Å². The zero-order valence-corrected chi connectivity index (χ0v) is 6.84. The van der Waals surface area contributed by atoms with Crippen LogP contribution >= 0.6 is 0 Å². The summed E-state index contributed by atoms with van der Waals surface area (Å²) in [7, 11) is 0. The summed E-state index contributed by atoms with van der Waals surface area (Å²) in [5.74, 6) is -0.963. The first kappa shape index (κ1) is 8.58. The Kier molecular flexibility index (Phi) is 2.32. The van der Waals surface area contributed by atoms with E-state index in [1.807, 2.05) is 0 Å². The predicted molar refractivity (Wildman–Crippen MR) is 40.0 cm³/mol. The van der Waals surface area contributed by atoms with Crippen molar-refractivity contribution in [3.8, 4) is 0 Å². The van der Waals surface area contributed by atoms with E-state index in [9.17, 15) is 9.59 Å². The second kappa shape index (κ2) is 3.25. The molecule has 0 atom stereocenters. The summed E-state index contributed by atoms with van der Waals surface area (Å²) in [5.41, 5.74) is 0.0850. The third-order valence-electron chi connectivity index (χ3n) is 1.30. The van der Waals surface area contributed by atoms with Gasteiger partial charge >= 0.3 is 11.7 Å². The van der Waals surface area contributed by atoms with Crippen molar-refractivity contribution in [2.45, 2.75) is 13.8 Å². The number of H-pyrrole nitrogens is 1. The van der Waals surface area contributed by atoms with Gasteiger partial charge in [-0.15, -0.1) is 0 Å². The number of carbonyl (C=O) groups is 1. The fourth-order valence-electron chi connectivity index (χ4n) is 0.804. The molecule has 66 valence electrons. The van der Waals surface area contributed by atoms with E-state index in [-0.39, 0.29) is 18.1 Å². The third-order valence-corrected chi connectivity index (χ3v) is 1.30. The van der Waals surface area contributed by atoms with Gasteiger partial charge in [0.25, 0.3) is 0 Å². The largest absolute Gasteiger partial charge is 0.461 e. The minimum Gasteiger partial charge on any atom is -0.461 e. The molecule has 5 heteroatoms. The molecule has 0 aliphatic carbocycles. The monoisotopic (exact) mass is 171 g/mol. The van der Waals surface area contributed by atoms with E-state index >= 15 is 0 Å². The Morgan fingerprint density at radius 1 is 1.67 bits per heavy atom. The van der Waals surface area contributed by atoms with Crippen molar-refractivity contribution in [2.24, 2.45) is 0 Å². The highest BCUT2D eigenvalue weighted by atomic mass is 16.5. The number of rotatable bonds is 2. The molecule has 0 spiro atoms. The van der Waals surface area contributed by atoms with Gasteiger partial charge in [0.1, 0.15) is 5.76 Å². The van der Waals surface area contributed by atoms with Crippen LogP contribution in [0.5, 0.6) is 0 Å². The minimum absolute atomic E-state index is 0.0850. The smallest absolute Gasteiger partial charge is 0.417 e. The van der Waals surface area contributed by atoms with Crippen LogP contribution in [0, 0.1) is 6.92 Å². The molecular weight excluding hydrogens is 162 g/mol. The fraction of sp³-hybridized carbons (Fsp3) is 0.429. The highest BCUT2D eigenvalue weighted by Crippen LogP contribution is 2.02. The Labute approximate surface area is 68.3 Å². The summed E-state index contributed by atoms with van der Waals surface area (Å²) >= 11 is 0. The molecule has 0 radical (unpaired) electrons. The van der Waals surface area contributed by atoms with Crippen molar-refractivity contribution >= 4 is 5.97 Å². The zero-order valence-electron chi connectivity index (χ0n) is 6.84. The van der Waals surface area contributed by atoms with Crippen molar-refractivity contribution in [1.82, 2.24) is 4.98 Å². The minimum atomic E-state index is -0.643. The molecule has 5 nitrogen and oxygen atoms in total. The van der Waals surface area contributed by atoms with Gasteiger partial charge in [-0.25, -0.2) is 9.59 Å². The molecule has 0 saturated carbocycles. The Hall–Kier alpha value is -1.52. The van der Waals surface area contributed by atoms with E-state index < -0.39 is 11.7 Å². The fourth-order valence-corrected chi connectivity index (χ4v) is 0.804. The SMILES string of the molecule is CCOC(=O)c1[nH]c(=O)oc1C. The lowest BCUT2D eigenvalue weighted by molar-refractivity contribution is 0.0518. The normalized spacial score (nSPS) is 9.83. The van der Waals surface area contributed by atoms with E-state index in [1.165, 1.54) is 6.92 Å². The van der Waals surface area contributed by atoms with Gasteiger partial charge in [-0.05, 0) is 13.8 Å². The van der Waals surface area contributed by atoms with Crippen LogP contribution in [0.4, 0.5) is 0 Å². The number of esters is 1. The molecule has 0 amide bonds. The number of aryl methyl sites for hydroxylation is 1. The van der Waals surface area contributed by atoms with Crippen LogP contribution in [-0.2, 0) is 4.74 Å².